The van der Waals surface area contributed by atoms with Crippen molar-refractivity contribution in [3.8, 4) is 6.07 Å². The Morgan fingerprint density at radius 1 is 1.75 bits per heavy atom. The average molecular weight is 109 g/mol. The van der Waals surface area contributed by atoms with Crippen LogP contribution in [0.3, 0.4) is 0 Å². The summed E-state index contributed by atoms with van der Waals surface area (Å²) in [5.41, 5.74) is 0. The van der Waals surface area contributed by atoms with Crippen LogP contribution in [0.15, 0.2) is 12.2 Å². The molecule has 0 fully saturated rings. The first-order chi connectivity index (χ1) is 3.81. The molecule has 44 valence electrons. The predicted octanol–water partition coefficient (Wildman–Crippen LogP) is 2.11. The van der Waals surface area contributed by atoms with Crippen LogP contribution < -0.4 is 0 Å². The molecule has 0 spiro atoms. The van der Waals surface area contributed by atoms with Crippen molar-refractivity contribution in [2.75, 3.05) is 0 Å². The van der Waals surface area contributed by atoms with Crippen molar-refractivity contribution in [2.24, 2.45) is 5.92 Å². The first kappa shape index (κ1) is 7.23. The van der Waals surface area contributed by atoms with E-state index in [1.54, 1.807) is 0 Å². The Labute approximate surface area is 50.6 Å². The third-order valence-electron chi connectivity index (χ3n) is 0.946. The van der Waals surface area contributed by atoms with Gasteiger partial charge >= 0.3 is 0 Å². The molecule has 0 aromatic carbocycles. The van der Waals surface area contributed by atoms with Crippen LogP contribution in [0.2, 0.25) is 0 Å². The maximum Gasteiger partial charge on any atom is 0.0656 e. The van der Waals surface area contributed by atoms with Gasteiger partial charge in [-0.05, 0) is 20.3 Å². The Hall–Kier alpha value is -0.770. The molecule has 0 aliphatic heterocycles. The van der Waals surface area contributed by atoms with E-state index in [9.17, 15) is 0 Å². The van der Waals surface area contributed by atoms with E-state index >= 15 is 0 Å². The average Bonchev–Trinajstić information content (AvgIpc) is 1.83. The van der Waals surface area contributed by atoms with Gasteiger partial charge in [-0.3, -0.25) is 0 Å². The van der Waals surface area contributed by atoms with Crippen LogP contribution in [0, 0.1) is 17.2 Å². The Kier molecular flexibility index (Phi) is 3.97. The lowest BCUT2D eigenvalue weighted by atomic mass is 10.1. The van der Waals surface area contributed by atoms with Gasteiger partial charge in [0, 0.05) is 5.92 Å². The molecule has 0 bridgehead atoms. The first-order valence-corrected chi connectivity index (χ1v) is 2.82. The summed E-state index contributed by atoms with van der Waals surface area (Å²) in [5, 5.41) is 8.28. The third-order valence-corrected chi connectivity index (χ3v) is 0.946. The largest absolute Gasteiger partial charge is 0.198 e. The first-order valence-electron chi connectivity index (χ1n) is 2.82. The lowest BCUT2D eigenvalue weighted by Crippen LogP contribution is -1.83. The lowest BCUT2D eigenvalue weighted by molar-refractivity contribution is 0.760. The summed E-state index contributed by atoms with van der Waals surface area (Å²) in [6.45, 7) is 3.88. The number of nitriles is 1. The molecule has 0 radical (unpaired) electrons. The van der Waals surface area contributed by atoms with E-state index in [1.807, 2.05) is 26.0 Å². The Morgan fingerprint density at radius 2 is 2.38 bits per heavy atom. The van der Waals surface area contributed by atoms with Crippen LogP contribution in [0.1, 0.15) is 20.3 Å². The van der Waals surface area contributed by atoms with E-state index < -0.39 is 0 Å². The minimum absolute atomic E-state index is 0.172. The number of allylic oxidation sites excluding steroid dienone is 2. The molecule has 8 heavy (non-hydrogen) atoms. The fourth-order valence-electron chi connectivity index (χ4n) is 0.393. The van der Waals surface area contributed by atoms with Crippen LogP contribution in [-0.4, -0.2) is 0 Å². The summed E-state index contributed by atoms with van der Waals surface area (Å²) in [6, 6.07) is 2.15. The number of hydrogen-bond acceptors (Lipinski definition) is 1. The molecule has 0 rings (SSSR count). The smallest absolute Gasteiger partial charge is 0.0656 e. The summed E-state index contributed by atoms with van der Waals surface area (Å²) in [7, 11) is 0. The normalized spacial score (nSPS) is 13.6. The SMILES string of the molecule is C/C=C\CC(C)C#N. The van der Waals surface area contributed by atoms with Crippen LogP contribution in [-0.2, 0) is 0 Å². The fraction of sp³-hybridized carbons (Fsp3) is 0.571. The van der Waals surface area contributed by atoms with Crippen molar-refractivity contribution in [3.63, 3.8) is 0 Å². The van der Waals surface area contributed by atoms with E-state index in [0.717, 1.165) is 6.42 Å². The van der Waals surface area contributed by atoms with E-state index in [2.05, 4.69) is 6.07 Å². The standard InChI is InChI=1S/C7H11N/c1-3-4-5-7(2)6-8/h3-4,7H,5H2,1-2H3/b4-3-. The van der Waals surface area contributed by atoms with E-state index in [0.29, 0.717) is 0 Å². The topological polar surface area (TPSA) is 23.8 Å². The molecular weight excluding hydrogens is 98.1 g/mol. The van der Waals surface area contributed by atoms with Crippen LogP contribution >= 0.6 is 0 Å². The second-order valence-corrected chi connectivity index (χ2v) is 1.83. The molecule has 0 amide bonds. The van der Waals surface area contributed by atoms with Gasteiger partial charge in [0.05, 0.1) is 6.07 Å². The van der Waals surface area contributed by atoms with E-state index in [1.165, 1.54) is 0 Å². The third kappa shape index (κ3) is 3.42. The summed E-state index contributed by atoms with van der Waals surface area (Å²) in [5.74, 6) is 0.172. The number of rotatable bonds is 2. The molecule has 0 saturated heterocycles. The quantitative estimate of drug-likeness (QED) is 0.498. The molecule has 0 saturated carbocycles. The van der Waals surface area contributed by atoms with Gasteiger partial charge in [0.2, 0.25) is 0 Å². The molecule has 1 heteroatoms. The Balaban J connectivity index is 3.28. The molecule has 0 N–H and O–H groups in total. The zero-order valence-electron chi connectivity index (χ0n) is 5.39. The summed E-state index contributed by atoms with van der Waals surface area (Å²) >= 11 is 0. The van der Waals surface area contributed by atoms with Crippen molar-refractivity contribution in [1.29, 1.82) is 5.26 Å². The van der Waals surface area contributed by atoms with Crippen molar-refractivity contribution >= 4 is 0 Å². The molecule has 0 heterocycles. The maximum atomic E-state index is 8.28. The minimum Gasteiger partial charge on any atom is -0.198 e. The highest BCUT2D eigenvalue weighted by Crippen LogP contribution is 1.98. The second kappa shape index (κ2) is 4.39. The monoisotopic (exact) mass is 109 g/mol. The Morgan fingerprint density at radius 3 is 2.75 bits per heavy atom. The number of nitrogens with zero attached hydrogens (tertiary/aromatic N) is 1. The van der Waals surface area contributed by atoms with Gasteiger partial charge in [-0.25, -0.2) is 0 Å². The molecule has 0 aliphatic rings. The van der Waals surface area contributed by atoms with Gasteiger partial charge in [-0.2, -0.15) is 5.26 Å². The van der Waals surface area contributed by atoms with E-state index in [4.69, 9.17) is 5.26 Å². The van der Waals surface area contributed by atoms with Gasteiger partial charge in [0.15, 0.2) is 0 Å². The van der Waals surface area contributed by atoms with Crippen LogP contribution in [0.5, 0.6) is 0 Å². The molecule has 1 nitrogen and oxygen atoms in total. The Bertz CT molecular complexity index is 108. The zero-order valence-corrected chi connectivity index (χ0v) is 5.39. The molecule has 0 aliphatic carbocycles. The highest BCUT2D eigenvalue weighted by atomic mass is 14.2. The summed E-state index contributed by atoms with van der Waals surface area (Å²) in [4.78, 5) is 0. The number of hydrogen-bond donors (Lipinski definition) is 0. The molecule has 1 atom stereocenters. The van der Waals surface area contributed by atoms with Crippen molar-refractivity contribution in [1.82, 2.24) is 0 Å². The molecule has 1 unspecified atom stereocenters. The maximum absolute atomic E-state index is 8.28. The van der Waals surface area contributed by atoms with Gasteiger partial charge in [0.25, 0.3) is 0 Å². The van der Waals surface area contributed by atoms with Gasteiger partial charge in [0.1, 0.15) is 0 Å². The highest BCUT2D eigenvalue weighted by Gasteiger charge is 1.91. The van der Waals surface area contributed by atoms with Crippen LogP contribution in [0.4, 0.5) is 0 Å². The van der Waals surface area contributed by atoms with Gasteiger partial charge in [-0.1, -0.05) is 12.2 Å². The predicted molar refractivity (Wildman–Crippen MR) is 34.2 cm³/mol. The van der Waals surface area contributed by atoms with Gasteiger partial charge < -0.3 is 0 Å². The lowest BCUT2D eigenvalue weighted by Gasteiger charge is -1.90. The van der Waals surface area contributed by atoms with Crippen molar-refractivity contribution in [2.45, 2.75) is 20.3 Å². The fourth-order valence-corrected chi connectivity index (χ4v) is 0.393. The van der Waals surface area contributed by atoms with Crippen LogP contribution in [0.25, 0.3) is 0 Å². The van der Waals surface area contributed by atoms with E-state index in [-0.39, 0.29) is 5.92 Å². The van der Waals surface area contributed by atoms with Crippen molar-refractivity contribution < 1.29 is 0 Å². The van der Waals surface area contributed by atoms with Crippen molar-refractivity contribution in [3.05, 3.63) is 12.2 Å². The molecule has 0 aromatic heterocycles. The molecule has 0 aromatic rings. The second-order valence-electron chi connectivity index (χ2n) is 1.83. The molecular formula is C7H11N. The van der Waals surface area contributed by atoms with Gasteiger partial charge in [-0.15, -0.1) is 0 Å². The zero-order chi connectivity index (χ0) is 6.41. The summed E-state index contributed by atoms with van der Waals surface area (Å²) < 4.78 is 0. The summed E-state index contributed by atoms with van der Waals surface area (Å²) in [6.07, 6.45) is 4.86. The highest BCUT2D eigenvalue weighted by molar-refractivity contribution is 4.87. The minimum atomic E-state index is 0.172.